The lowest BCUT2D eigenvalue weighted by atomic mass is 10.0. The molecule has 0 aromatic rings. The van der Waals surface area contributed by atoms with Crippen LogP contribution in [0.25, 0.3) is 0 Å². The number of carbonyl (C=O) groups is 2. The maximum Gasteiger partial charge on any atom is 0.303 e. The number of hydrogen-bond donors (Lipinski definition) is 2. The molecule has 1 aliphatic heterocycles. The molecule has 1 amide bonds. The average molecular weight is 346 g/mol. The summed E-state index contributed by atoms with van der Waals surface area (Å²) in [4.78, 5) is 24.5. The molecule has 0 radical (unpaired) electrons. The molecule has 23 heavy (non-hydrogen) atoms. The molecule has 0 aromatic heterocycles. The predicted octanol–water partition coefficient (Wildman–Crippen LogP) is 0.950. The van der Waals surface area contributed by atoms with Crippen LogP contribution in [0.1, 0.15) is 52.4 Å². The van der Waals surface area contributed by atoms with Crippen LogP contribution >= 0.6 is 0 Å². The monoisotopic (exact) mass is 346 g/mol. The molecule has 2 N–H and O–H groups in total. The summed E-state index contributed by atoms with van der Waals surface area (Å²) in [5.41, 5.74) is -0.812. The Bertz CT molecular complexity index is 560. The number of nitrogens with one attached hydrogen (secondary N) is 1. The van der Waals surface area contributed by atoms with E-state index in [-0.39, 0.29) is 37.8 Å². The number of nitrogens with zero attached hydrogens (tertiary/aromatic N) is 1. The van der Waals surface area contributed by atoms with Crippen LogP contribution < -0.4 is 4.72 Å². The van der Waals surface area contributed by atoms with Crippen LogP contribution in [0.15, 0.2) is 0 Å². The molecule has 2 aliphatic rings. The number of rotatable bonds is 7. The van der Waals surface area contributed by atoms with Crippen LogP contribution in [0.4, 0.5) is 0 Å². The molecular weight excluding hydrogens is 320 g/mol. The Morgan fingerprint density at radius 3 is 2.30 bits per heavy atom. The van der Waals surface area contributed by atoms with Gasteiger partial charge in [-0.2, -0.15) is 0 Å². The third-order valence-electron chi connectivity index (χ3n) is 4.69. The highest BCUT2D eigenvalue weighted by Crippen LogP contribution is 2.29. The molecule has 132 valence electrons. The minimum atomic E-state index is -3.56. The van der Waals surface area contributed by atoms with Gasteiger partial charge in [-0.05, 0) is 33.1 Å². The van der Waals surface area contributed by atoms with E-state index in [0.717, 1.165) is 25.7 Å². The van der Waals surface area contributed by atoms with E-state index in [4.69, 9.17) is 5.11 Å². The Balaban J connectivity index is 1.85. The standard InChI is InChI=1S/C15H26N2O5S/c1-15(2,8-7-13(18)19)16-23(21,22)12-9-17(10-12)14(20)11-5-3-4-6-11/h11-12,16H,3-10H2,1-2H3,(H,18,19). The van der Waals surface area contributed by atoms with Gasteiger partial charge >= 0.3 is 5.97 Å². The Hall–Kier alpha value is -1.15. The summed E-state index contributed by atoms with van der Waals surface area (Å²) in [6.07, 6.45) is 4.10. The fourth-order valence-electron chi connectivity index (χ4n) is 3.18. The van der Waals surface area contributed by atoms with Crippen molar-refractivity contribution < 1.29 is 23.1 Å². The average Bonchev–Trinajstić information content (AvgIpc) is 2.86. The van der Waals surface area contributed by atoms with Gasteiger partial charge in [-0.25, -0.2) is 13.1 Å². The van der Waals surface area contributed by atoms with Crippen LogP contribution in [0.3, 0.4) is 0 Å². The van der Waals surface area contributed by atoms with Crippen molar-refractivity contribution in [3.05, 3.63) is 0 Å². The van der Waals surface area contributed by atoms with E-state index in [1.54, 1.807) is 18.7 Å². The zero-order chi connectivity index (χ0) is 17.3. The van der Waals surface area contributed by atoms with E-state index >= 15 is 0 Å². The number of carboxylic acid groups (broad SMARTS) is 1. The van der Waals surface area contributed by atoms with Crippen molar-refractivity contribution in [2.75, 3.05) is 13.1 Å². The van der Waals surface area contributed by atoms with Crippen molar-refractivity contribution in [3.63, 3.8) is 0 Å². The van der Waals surface area contributed by atoms with Gasteiger partial charge in [0.1, 0.15) is 5.25 Å². The first-order valence-corrected chi connectivity index (χ1v) is 9.69. The normalized spacial score (nSPS) is 20.5. The van der Waals surface area contributed by atoms with Gasteiger partial charge in [0.2, 0.25) is 15.9 Å². The maximum absolute atomic E-state index is 12.4. The van der Waals surface area contributed by atoms with E-state index in [1.807, 2.05) is 0 Å². The molecule has 8 heteroatoms. The SMILES string of the molecule is CC(C)(CCC(=O)O)NS(=O)(=O)C1CN(C(=O)C2CCCC2)C1. The molecule has 7 nitrogen and oxygen atoms in total. The smallest absolute Gasteiger partial charge is 0.303 e. The molecule has 1 aliphatic carbocycles. The molecule has 0 aromatic carbocycles. The second kappa shape index (κ2) is 6.76. The molecule has 0 bridgehead atoms. The van der Waals surface area contributed by atoms with Crippen molar-refractivity contribution in [2.24, 2.45) is 5.92 Å². The number of aliphatic carboxylic acids is 1. The van der Waals surface area contributed by atoms with E-state index < -0.39 is 26.8 Å². The fraction of sp³-hybridized carbons (Fsp3) is 0.867. The van der Waals surface area contributed by atoms with E-state index in [1.165, 1.54) is 0 Å². The van der Waals surface area contributed by atoms with Crippen molar-refractivity contribution in [1.29, 1.82) is 0 Å². The topological polar surface area (TPSA) is 104 Å². The van der Waals surface area contributed by atoms with Gasteiger partial charge < -0.3 is 10.0 Å². The Kier molecular flexibility index (Phi) is 5.35. The van der Waals surface area contributed by atoms with Gasteiger partial charge in [0, 0.05) is 31.0 Å². The molecular formula is C15H26N2O5S. The highest BCUT2D eigenvalue weighted by atomic mass is 32.2. The first-order chi connectivity index (χ1) is 10.6. The molecule has 0 atom stereocenters. The second-order valence-electron chi connectivity index (χ2n) is 7.27. The summed E-state index contributed by atoms with van der Waals surface area (Å²) in [6, 6.07) is 0. The first kappa shape index (κ1) is 18.2. The van der Waals surface area contributed by atoms with E-state index in [0.29, 0.717) is 0 Å². The van der Waals surface area contributed by atoms with Gasteiger partial charge in [0.05, 0.1) is 0 Å². The van der Waals surface area contributed by atoms with Crippen LogP contribution in [-0.2, 0) is 19.6 Å². The summed E-state index contributed by atoms with van der Waals surface area (Å²) in [7, 11) is -3.56. The third-order valence-corrected chi connectivity index (χ3v) is 6.70. The number of amides is 1. The van der Waals surface area contributed by atoms with E-state index in [9.17, 15) is 18.0 Å². The van der Waals surface area contributed by atoms with E-state index in [2.05, 4.69) is 4.72 Å². The Morgan fingerprint density at radius 1 is 1.22 bits per heavy atom. The molecule has 1 heterocycles. The van der Waals surface area contributed by atoms with Gasteiger partial charge in [0.25, 0.3) is 0 Å². The van der Waals surface area contributed by atoms with Gasteiger partial charge in [-0.3, -0.25) is 9.59 Å². The lowest BCUT2D eigenvalue weighted by molar-refractivity contribution is -0.139. The quantitative estimate of drug-likeness (QED) is 0.714. The molecule has 0 unspecified atom stereocenters. The maximum atomic E-state index is 12.4. The third kappa shape index (κ3) is 4.67. The molecule has 2 fully saturated rings. The first-order valence-electron chi connectivity index (χ1n) is 8.14. The van der Waals surface area contributed by atoms with Crippen LogP contribution in [0, 0.1) is 5.92 Å². The minimum Gasteiger partial charge on any atom is -0.481 e. The molecule has 0 spiro atoms. The van der Waals surface area contributed by atoms with Gasteiger partial charge in [-0.15, -0.1) is 0 Å². The number of sulfonamides is 1. The number of carboxylic acids is 1. The largest absolute Gasteiger partial charge is 0.481 e. The zero-order valence-corrected chi connectivity index (χ0v) is 14.6. The molecule has 2 rings (SSSR count). The van der Waals surface area contributed by atoms with Gasteiger partial charge in [0.15, 0.2) is 0 Å². The van der Waals surface area contributed by atoms with Crippen LogP contribution in [0.5, 0.6) is 0 Å². The van der Waals surface area contributed by atoms with Crippen molar-refractivity contribution in [3.8, 4) is 0 Å². The van der Waals surface area contributed by atoms with Crippen molar-refractivity contribution in [2.45, 2.75) is 63.2 Å². The Labute approximate surface area is 137 Å². The Morgan fingerprint density at radius 2 is 1.78 bits per heavy atom. The van der Waals surface area contributed by atoms with Crippen LogP contribution in [-0.4, -0.2) is 54.2 Å². The molecule has 1 saturated heterocycles. The summed E-state index contributed by atoms with van der Waals surface area (Å²) < 4.78 is 27.3. The fourth-order valence-corrected chi connectivity index (χ4v) is 4.98. The lowest BCUT2D eigenvalue weighted by Gasteiger charge is -2.41. The van der Waals surface area contributed by atoms with Gasteiger partial charge in [-0.1, -0.05) is 12.8 Å². The summed E-state index contributed by atoms with van der Waals surface area (Å²) >= 11 is 0. The summed E-state index contributed by atoms with van der Waals surface area (Å²) in [5, 5.41) is 8.12. The van der Waals surface area contributed by atoms with Crippen molar-refractivity contribution >= 4 is 21.9 Å². The minimum absolute atomic E-state index is 0.0682. The predicted molar refractivity (Wildman–Crippen MR) is 85.3 cm³/mol. The number of hydrogen-bond acceptors (Lipinski definition) is 4. The summed E-state index contributed by atoms with van der Waals surface area (Å²) in [5.74, 6) is -0.799. The zero-order valence-electron chi connectivity index (χ0n) is 13.7. The van der Waals surface area contributed by atoms with Crippen molar-refractivity contribution in [1.82, 2.24) is 9.62 Å². The number of carbonyl (C=O) groups excluding carboxylic acids is 1. The highest BCUT2D eigenvalue weighted by molar-refractivity contribution is 7.90. The summed E-state index contributed by atoms with van der Waals surface area (Å²) in [6.45, 7) is 3.82. The molecule has 1 saturated carbocycles. The highest BCUT2D eigenvalue weighted by Gasteiger charge is 2.43. The van der Waals surface area contributed by atoms with Crippen LogP contribution in [0.2, 0.25) is 0 Å². The lowest BCUT2D eigenvalue weighted by Crippen LogP contribution is -2.62. The second-order valence-corrected chi connectivity index (χ2v) is 9.23. The number of likely N-dealkylation sites (tertiary alicyclic amines) is 1.